The normalized spacial score (nSPS) is 13.9. The van der Waals surface area contributed by atoms with Gasteiger partial charge in [0.2, 0.25) is 0 Å². The van der Waals surface area contributed by atoms with Crippen LogP contribution in [0.1, 0.15) is 17.2 Å². The number of halogens is 1. The predicted octanol–water partition coefficient (Wildman–Crippen LogP) is 3.20. The quantitative estimate of drug-likeness (QED) is 0.916. The summed E-state index contributed by atoms with van der Waals surface area (Å²) in [5, 5.41) is 3.20. The molecule has 0 aromatic heterocycles. The fourth-order valence-corrected chi connectivity index (χ4v) is 3.42. The standard InChI is InChI=1S/C16H18FNOS/c1-12-5-3-4-6-15(12)16(18-2)11-20(19)14-9-7-13(17)8-10-14/h3-10,16,18H,11H2,1-2H3. The smallest absolute Gasteiger partial charge is 0.123 e. The van der Waals surface area contributed by atoms with Crippen molar-refractivity contribution in [3.05, 3.63) is 65.5 Å². The van der Waals surface area contributed by atoms with Crippen LogP contribution >= 0.6 is 0 Å². The Balaban J connectivity index is 2.16. The van der Waals surface area contributed by atoms with E-state index >= 15 is 0 Å². The molecule has 0 fully saturated rings. The minimum atomic E-state index is -1.16. The highest BCUT2D eigenvalue weighted by atomic mass is 32.2. The van der Waals surface area contributed by atoms with Gasteiger partial charge in [-0.25, -0.2) is 4.39 Å². The van der Waals surface area contributed by atoms with Crippen molar-refractivity contribution >= 4 is 10.8 Å². The van der Waals surface area contributed by atoms with Crippen molar-refractivity contribution in [3.8, 4) is 0 Å². The number of nitrogens with one attached hydrogen (secondary N) is 1. The minimum Gasteiger partial charge on any atom is -0.312 e. The lowest BCUT2D eigenvalue weighted by molar-refractivity contribution is 0.624. The predicted molar refractivity (Wildman–Crippen MR) is 80.7 cm³/mol. The van der Waals surface area contributed by atoms with Crippen molar-refractivity contribution in [3.63, 3.8) is 0 Å². The first-order valence-electron chi connectivity index (χ1n) is 6.48. The van der Waals surface area contributed by atoms with Crippen molar-refractivity contribution in [2.75, 3.05) is 12.8 Å². The molecule has 0 aliphatic rings. The monoisotopic (exact) mass is 291 g/mol. The van der Waals surface area contributed by atoms with Crippen LogP contribution in [0.2, 0.25) is 0 Å². The van der Waals surface area contributed by atoms with Crippen molar-refractivity contribution in [2.24, 2.45) is 0 Å². The first-order chi connectivity index (χ1) is 9.61. The Hall–Kier alpha value is -1.52. The van der Waals surface area contributed by atoms with Crippen LogP contribution in [0.4, 0.5) is 4.39 Å². The number of hydrogen-bond acceptors (Lipinski definition) is 2. The molecular formula is C16H18FNOS. The first kappa shape index (κ1) is 14.9. The topological polar surface area (TPSA) is 29.1 Å². The Morgan fingerprint density at radius 3 is 2.40 bits per heavy atom. The molecule has 2 aromatic carbocycles. The maximum atomic E-state index is 12.9. The van der Waals surface area contributed by atoms with Crippen LogP contribution in [0.5, 0.6) is 0 Å². The zero-order valence-corrected chi connectivity index (χ0v) is 12.4. The van der Waals surface area contributed by atoms with Gasteiger partial charge in [-0.2, -0.15) is 0 Å². The Bertz CT molecular complexity index is 598. The van der Waals surface area contributed by atoms with Gasteiger partial charge in [0.05, 0.1) is 10.8 Å². The fourth-order valence-electron chi connectivity index (χ4n) is 2.14. The van der Waals surface area contributed by atoms with Gasteiger partial charge in [0.15, 0.2) is 0 Å². The van der Waals surface area contributed by atoms with Crippen LogP contribution in [0.25, 0.3) is 0 Å². The Morgan fingerprint density at radius 1 is 1.15 bits per heavy atom. The van der Waals surface area contributed by atoms with Crippen LogP contribution in [0.3, 0.4) is 0 Å². The average Bonchev–Trinajstić information content (AvgIpc) is 2.46. The molecule has 0 saturated carbocycles. The maximum absolute atomic E-state index is 12.9. The van der Waals surface area contributed by atoms with Crippen LogP contribution < -0.4 is 5.32 Å². The van der Waals surface area contributed by atoms with E-state index in [2.05, 4.69) is 5.32 Å². The number of benzene rings is 2. The van der Waals surface area contributed by atoms with Gasteiger partial charge >= 0.3 is 0 Å². The highest BCUT2D eigenvalue weighted by Gasteiger charge is 2.16. The molecule has 0 amide bonds. The zero-order chi connectivity index (χ0) is 14.5. The molecule has 106 valence electrons. The molecule has 0 spiro atoms. The van der Waals surface area contributed by atoms with Gasteiger partial charge in [-0.05, 0) is 49.4 Å². The number of aryl methyl sites for hydroxylation is 1. The van der Waals surface area contributed by atoms with Crippen LogP contribution in [-0.2, 0) is 10.8 Å². The third kappa shape index (κ3) is 3.52. The fraction of sp³-hybridized carbons (Fsp3) is 0.250. The second-order valence-electron chi connectivity index (χ2n) is 4.66. The van der Waals surface area contributed by atoms with E-state index < -0.39 is 10.8 Å². The van der Waals surface area contributed by atoms with E-state index in [0.717, 1.165) is 5.56 Å². The summed E-state index contributed by atoms with van der Waals surface area (Å²) in [6.45, 7) is 2.04. The van der Waals surface area contributed by atoms with Gasteiger partial charge < -0.3 is 5.32 Å². The second kappa shape index (κ2) is 6.77. The van der Waals surface area contributed by atoms with Gasteiger partial charge in [-0.3, -0.25) is 4.21 Å². The average molecular weight is 291 g/mol. The summed E-state index contributed by atoms with van der Waals surface area (Å²) in [4.78, 5) is 0.653. The largest absolute Gasteiger partial charge is 0.312 e. The van der Waals surface area contributed by atoms with E-state index in [-0.39, 0.29) is 11.9 Å². The summed E-state index contributed by atoms with van der Waals surface area (Å²) in [5.74, 6) is 0.155. The Labute approximate surface area is 121 Å². The van der Waals surface area contributed by atoms with Gasteiger partial charge in [0.1, 0.15) is 5.82 Å². The molecule has 0 heterocycles. The summed E-state index contributed by atoms with van der Waals surface area (Å²) in [6, 6.07) is 13.9. The summed E-state index contributed by atoms with van der Waals surface area (Å²) in [5.41, 5.74) is 2.31. The molecule has 1 N–H and O–H groups in total. The van der Waals surface area contributed by atoms with E-state index in [9.17, 15) is 8.60 Å². The third-order valence-electron chi connectivity index (χ3n) is 3.31. The first-order valence-corrected chi connectivity index (χ1v) is 7.80. The highest BCUT2D eigenvalue weighted by Crippen LogP contribution is 2.20. The van der Waals surface area contributed by atoms with Crippen molar-refractivity contribution in [1.82, 2.24) is 5.32 Å². The molecule has 0 bridgehead atoms. The highest BCUT2D eigenvalue weighted by molar-refractivity contribution is 7.85. The molecule has 0 radical (unpaired) electrons. The molecule has 2 unspecified atom stereocenters. The number of rotatable bonds is 5. The molecule has 2 nitrogen and oxygen atoms in total. The van der Waals surface area contributed by atoms with E-state index in [0.29, 0.717) is 10.6 Å². The summed E-state index contributed by atoms with van der Waals surface area (Å²) in [6.07, 6.45) is 0. The second-order valence-corrected chi connectivity index (χ2v) is 6.16. The van der Waals surface area contributed by atoms with Crippen molar-refractivity contribution < 1.29 is 8.60 Å². The van der Waals surface area contributed by atoms with Gasteiger partial charge in [-0.15, -0.1) is 0 Å². The van der Waals surface area contributed by atoms with Gasteiger partial charge in [-0.1, -0.05) is 24.3 Å². The van der Waals surface area contributed by atoms with Crippen LogP contribution in [0, 0.1) is 12.7 Å². The van der Waals surface area contributed by atoms with Gasteiger partial charge in [0.25, 0.3) is 0 Å². The molecule has 0 saturated heterocycles. The summed E-state index contributed by atoms with van der Waals surface area (Å²) in [7, 11) is 0.701. The Morgan fingerprint density at radius 2 is 1.80 bits per heavy atom. The third-order valence-corrected chi connectivity index (χ3v) is 4.74. The van der Waals surface area contributed by atoms with Gasteiger partial charge in [0, 0.05) is 16.7 Å². The lowest BCUT2D eigenvalue weighted by Gasteiger charge is -2.18. The molecule has 2 atom stereocenters. The van der Waals surface area contributed by atoms with Crippen molar-refractivity contribution in [2.45, 2.75) is 17.9 Å². The van der Waals surface area contributed by atoms with E-state index in [1.54, 1.807) is 12.1 Å². The maximum Gasteiger partial charge on any atom is 0.123 e. The van der Waals surface area contributed by atoms with Crippen LogP contribution in [0.15, 0.2) is 53.4 Å². The lowest BCUT2D eigenvalue weighted by atomic mass is 10.0. The molecule has 20 heavy (non-hydrogen) atoms. The van der Waals surface area contributed by atoms with E-state index in [1.807, 2.05) is 38.2 Å². The van der Waals surface area contributed by atoms with Crippen molar-refractivity contribution in [1.29, 1.82) is 0 Å². The number of hydrogen-bond donors (Lipinski definition) is 1. The molecular weight excluding hydrogens is 273 g/mol. The minimum absolute atomic E-state index is 0.0158. The summed E-state index contributed by atoms with van der Waals surface area (Å²) < 4.78 is 25.2. The van der Waals surface area contributed by atoms with E-state index in [1.165, 1.54) is 17.7 Å². The lowest BCUT2D eigenvalue weighted by Crippen LogP contribution is -2.23. The molecule has 0 aliphatic carbocycles. The molecule has 2 aromatic rings. The zero-order valence-electron chi connectivity index (χ0n) is 11.6. The SMILES string of the molecule is CNC(CS(=O)c1ccc(F)cc1)c1ccccc1C. The molecule has 4 heteroatoms. The molecule has 0 aliphatic heterocycles. The Kier molecular flexibility index (Phi) is 5.04. The van der Waals surface area contributed by atoms with E-state index in [4.69, 9.17) is 0 Å². The summed E-state index contributed by atoms with van der Waals surface area (Å²) >= 11 is 0. The van der Waals surface area contributed by atoms with Crippen LogP contribution in [-0.4, -0.2) is 17.0 Å². The molecule has 2 rings (SSSR count).